The maximum Gasteiger partial charge on any atom is 0.228 e. The highest BCUT2D eigenvalue weighted by molar-refractivity contribution is 5.51. The zero-order chi connectivity index (χ0) is 60.9. The van der Waals surface area contributed by atoms with Crippen LogP contribution in [0.1, 0.15) is 27.8 Å². The molecule has 5 aliphatic heterocycles. The van der Waals surface area contributed by atoms with Crippen molar-refractivity contribution >= 4 is 29.0 Å². The minimum atomic E-state index is -0.904. The lowest BCUT2D eigenvalue weighted by atomic mass is 10.1. The molecule has 0 unspecified atom stereocenters. The van der Waals surface area contributed by atoms with E-state index in [2.05, 4.69) is 29.9 Å². The Hall–Kier alpha value is -10.8. The lowest BCUT2D eigenvalue weighted by molar-refractivity contribution is 0.283. The zero-order valence-electron chi connectivity index (χ0n) is 46.5. The van der Waals surface area contributed by atoms with Crippen molar-refractivity contribution in [1.29, 1.82) is 0 Å². The van der Waals surface area contributed by atoms with Gasteiger partial charge in [0.05, 0.1) is 31.5 Å². The number of halogens is 8. The number of hydrogen-bond acceptors (Lipinski definition) is 16. The van der Waals surface area contributed by atoms with Gasteiger partial charge in [0, 0.05) is 108 Å². The molecule has 15 rings (SSSR count). The summed E-state index contributed by atoms with van der Waals surface area (Å²) in [6.07, 6.45) is 13.5. The molecule has 0 radical (unpaired) electrons. The highest BCUT2D eigenvalue weighted by Gasteiger charge is 2.25. The minimum Gasteiger partial charge on any atom is -0.473 e. The molecule has 0 saturated carbocycles. The van der Waals surface area contributed by atoms with Crippen molar-refractivity contribution in [3.63, 3.8) is 0 Å². The minimum absolute atomic E-state index is 0.210. The van der Waals surface area contributed by atoms with Gasteiger partial charge in [-0.15, -0.1) is 0 Å². The monoisotopic (exact) mass is 1210 g/mol. The van der Waals surface area contributed by atoms with Crippen LogP contribution in [-0.4, -0.2) is 63.6 Å². The van der Waals surface area contributed by atoms with E-state index in [1.54, 1.807) is 72.7 Å². The Morgan fingerprint density at radius 2 is 0.693 bits per heavy atom. The summed E-state index contributed by atoms with van der Waals surface area (Å²) in [5.41, 5.74) is 5.44. The van der Waals surface area contributed by atoms with Gasteiger partial charge in [-0.2, -0.15) is 0 Å². The van der Waals surface area contributed by atoms with E-state index >= 15 is 0 Å². The molecule has 16 nitrogen and oxygen atoms in total. The smallest absolute Gasteiger partial charge is 0.228 e. The van der Waals surface area contributed by atoms with Crippen molar-refractivity contribution < 1.29 is 58.8 Å². The lowest BCUT2D eigenvalue weighted by Crippen LogP contribution is -2.33. The molecule has 88 heavy (non-hydrogen) atoms. The van der Waals surface area contributed by atoms with E-state index in [4.69, 9.17) is 23.7 Å². The first-order valence-electron chi connectivity index (χ1n) is 27.2. The van der Waals surface area contributed by atoms with Gasteiger partial charge in [0.1, 0.15) is 52.0 Å². The summed E-state index contributed by atoms with van der Waals surface area (Å²) in [5, 5.41) is 0. The van der Waals surface area contributed by atoms with Crippen molar-refractivity contribution in [3.05, 3.63) is 263 Å². The van der Waals surface area contributed by atoms with Crippen molar-refractivity contribution in [2.75, 3.05) is 58.2 Å². The second kappa shape index (κ2) is 27.5. The number of benzene rings is 5. The van der Waals surface area contributed by atoms with E-state index in [1.807, 2.05) is 80.3 Å². The van der Waals surface area contributed by atoms with Gasteiger partial charge in [-0.1, -0.05) is 12.1 Å². The molecule has 0 spiro atoms. The molecule has 0 bridgehead atoms. The third kappa shape index (κ3) is 14.6. The van der Waals surface area contributed by atoms with Gasteiger partial charge in [0.25, 0.3) is 0 Å². The molecule has 0 fully saturated rings. The lowest BCUT2D eigenvalue weighted by Gasteiger charge is -2.30. The van der Waals surface area contributed by atoms with Crippen LogP contribution in [-0.2, 0) is 32.7 Å². The van der Waals surface area contributed by atoms with E-state index in [0.29, 0.717) is 92.8 Å². The summed E-state index contributed by atoms with van der Waals surface area (Å²) >= 11 is 0. The van der Waals surface area contributed by atoms with E-state index in [0.717, 1.165) is 69.9 Å². The summed E-state index contributed by atoms with van der Waals surface area (Å²) < 4.78 is 132. The van der Waals surface area contributed by atoms with Gasteiger partial charge in [0.2, 0.25) is 5.95 Å². The highest BCUT2D eigenvalue weighted by Crippen LogP contribution is 2.34. The van der Waals surface area contributed by atoms with Gasteiger partial charge < -0.3 is 48.2 Å². The number of ether oxygens (including phenoxy) is 5. The van der Waals surface area contributed by atoms with Gasteiger partial charge in [0.15, 0.2) is 68.6 Å². The van der Waals surface area contributed by atoms with Crippen molar-refractivity contribution in [2.24, 2.45) is 0 Å². The third-order valence-electron chi connectivity index (χ3n) is 13.9. The Morgan fingerprint density at radius 3 is 1.15 bits per heavy atom. The Kier molecular flexibility index (Phi) is 18.4. The maximum absolute atomic E-state index is 13.2. The van der Waals surface area contributed by atoms with E-state index in [-0.39, 0.29) is 25.1 Å². The third-order valence-corrected chi connectivity index (χ3v) is 13.9. The Morgan fingerprint density at radius 1 is 0.295 bits per heavy atom. The van der Waals surface area contributed by atoms with Crippen LogP contribution >= 0.6 is 0 Å². The molecular formula is C64H51F8N11O5. The number of aromatic nitrogens is 6. The van der Waals surface area contributed by atoms with Crippen LogP contribution in [0.4, 0.5) is 64.1 Å². The number of pyridine rings is 4. The molecule has 5 aliphatic rings. The Labute approximate surface area is 499 Å². The molecule has 0 amide bonds. The molecule has 0 N–H and O–H groups in total. The SMILES string of the molecule is Fc1cc2c(cc1F)OCN(c1ccccn1)C2.Fc1cc2c(cc1F)OCN(c1ccncc1)C2.Fc1cc2c(cc1F)OCN(c1ncccn1)C2.Fc1ccc2c(c1)CN(c1ccccn1)CO2.Fc1ccc2c(c1)CN(c1cccnc1)CO2. The molecule has 5 aromatic heterocycles. The molecule has 10 aromatic rings. The predicted molar refractivity (Wildman–Crippen MR) is 309 cm³/mol. The van der Waals surface area contributed by atoms with Crippen LogP contribution in [0.5, 0.6) is 28.7 Å². The fourth-order valence-electron chi connectivity index (χ4n) is 9.49. The first-order valence-corrected chi connectivity index (χ1v) is 27.2. The van der Waals surface area contributed by atoms with Crippen LogP contribution in [0.15, 0.2) is 189 Å². The molecule has 0 aliphatic carbocycles. The van der Waals surface area contributed by atoms with Crippen molar-refractivity contribution in [1.82, 2.24) is 29.9 Å². The maximum atomic E-state index is 13.2. The quantitative estimate of drug-likeness (QED) is 0.151. The first-order chi connectivity index (χ1) is 42.9. The topological polar surface area (TPSA) is 140 Å². The predicted octanol–water partition coefficient (Wildman–Crippen LogP) is 12.7. The molecule has 24 heteroatoms. The normalized spacial score (nSPS) is 14.0. The second-order valence-electron chi connectivity index (χ2n) is 19.8. The summed E-state index contributed by atoms with van der Waals surface area (Å²) in [6, 6.07) is 36.3. The van der Waals surface area contributed by atoms with Gasteiger partial charge in [-0.05, 0) is 109 Å². The van der Waals surface area contributed by atoms with Crippen LogP contribution < -0.4 is 48.2 Å². The largest absolute Gasteiger partial charge is 0.473 e. The molecule has 448 valence electrons. The zero-order valence-corrected chi connectivity index (χ0v) is 46.5. The van der Waals surface area contributed by atoms with Crippen molar-refractivity contribution in [3.8, 4) is 28.7 Å². The molecule has 0 atom stereocenters. The number of anilines is 5. The van der Waals surface area contributed by atoms with Gasteiger partial charge in [-0.25, -0.2) is 55.1 Å². The number of hydrogen-bond donors (Lipinski definition) is 0. The number of rotatable bonds is 5. The van der Waals surface area contributed by atoms with Crippen LogP contribution in [0.2, 0.25) is 0 Å². The summed E-state index contributed by atoms with van der Waals surface area (Å²) in [6.45, 7) is 4.26. The first kappa shape index (κ1) is 59.0. The average molecular weight is 1210 g/mol. The average Bonchev–Trinajstić information content (AvgIpc) is 3.71. The Bertz CT molecular complexity index is 3630. The van der Waals surface area contributed by atoms with Gasteiger partial charge >= 0.3 is 0 Å². The fraction of sp³-hybridized carbons (Fsp3) is 0.156. The molecule has 5 aromatic carbocycles. The highest BCUT2D eigenvalue weighted by atomic mass is 19.2. The standard InChI is InChI=1S/2C13H10F2N2O.2C13H11FN2O.C12H9F2N3O/c14-11-5-9-7-17(10-1-3-16-4-2-10)8-18-13(9)6-12(11)15;14-10-5-9-7-17(13-3-1-2-4-16-13)8-18-12(9)6-11(10)15;14-11-3-4-13-10(6-11)8-16(9-17-13)12-2-1-5-15-7-12;14-11-4-5-12-10(7-11)8-16(9-17-12)13-3-1-2-6-15-13;13-9-4-8-6-17(12-15-2-1-3-16-12)7-18-11(8)5-10(9)14/h2*1-6H,7-8H2;2*1-7H,8-9H2;1-5H,6-7H2. The van der Waals surface area contributed by atoms with E-state index in [9.17, 15) is 35.1 Å². The molecule has 0 saturated heterocycles. The second-order valence-corrected chi connectivity index (χ2v) is 19.8. The molecule has 10 heterocycles. The van der Waals surface area contributed by atoms with E-state index in [1.165, 1.54) is 36.4 Å². The summed E-state index contributed by atoms with van der Waals surface area (Å²) in [7, 11) is 0. The summed E-state index contributed by atoms with van der Waals surface area (Å²) in [5.74, 6) is -1.02. The van der Waals surface area contributed by atoms with Crippen molar-refractivity contribution in [2.45, 2.75) is 32.7 Å². The number of nitrogens with zero attached hydrogens (tertiary/aromatic N) is 11. The van der Waals surface area contributed by atoms with Crippen LogP contribution in [0.3, 0.4) is 0 Å². The van der Waals surface area contributed by atoms with E-state index < -0.39 is 34.9 Å². The fourth-order valence-corrected chi connectivity index (χ4v) is 9.49. The Balaban J connectivity index is 0.000000114. The summed E-state index contributed by atoms with van der Waals surface area (Å²) in [4.78, 5) is 34.1. The number of fused-ring (bicyclic) bond motifs is 5. The van der Waals surface area contributed by atoms with Crippen LogP contribution in [0.25, 0.3) is 0 Å². The van der Waals surface area contributed by atoms with Gasteiger partial charge in [-0.3, -0.25) is 9.97 Å². The molecular weight excluding hydrogens is 1150 g/mol. The van der Waals surface area contributed by atoms with Crippen LogP contribution in [0, 0.1) is 46.5 Å².